The maximum Gasteiger partial charge on any atom is 0.131 e. The van der Waals surface area contributed by atoms with Gasteiger partial charge in [-0.05, 0) is 47.4 Å². The minimum atomic E-state index is 0.622. The van der Waals surface area contributed by atoms with E-state index in [-0.39, 0.29) is 0 Å². The lowest BCUT2D eigenvalue weighted by atomic mass is 9.98. The fourth-order valence-electron chi connectivity index (χ4n) is 3.47. The van der Waals surface area contributed by atoms with Crippen LogP contribution in [0.5, 0.6) is 0 Å². The largest absolute Gasteiger partial charge is 0.399 e. The van der Waals surface area contributed by atoms with E-state index in [1.807, 2.05) is 30.3 Å². The van der Waals surface area contributed by atoms with Gasteiger partial charge in [-0.15, -0.1) is 9.24 Å². The van der Waals surface area contributed by atoms with Crippen molar-refractivity contribution in [2.75, 3.05) is 23.9 Å². The van der Waals surface area contributed by atoms with Crippen LogP contribution in [0.15, 0.2) is 54.7 Å². The summed E-state index contributed by atoms with van der Waals surface area (Å²) in [5.74, 6) is 0.785. The van der Waals surface area contributed by atoms with E-state index in [1.54, 1.807) is 6.20 Å². The number of nitrogens with two attached hydrogens (primary N) is 1. The van der Waals surface area contributed by atoms with Gasteiger partial charge in [0, 0.05) is 42.5 Å². The van der Waals surface area contributed by atoms with Crippen LogP contribution < -0.4 is 11.1 Å². The van der Waals surface area contributed by atoms with Gasteiger partial charge >= 0.3 is 0 Å². The van der Waals surface area contributed by atoms with Gasteiger partial charge in [-0.25, -0.2) is 4.98 Å². The van der Waals surface area contributed by atoms with Crippen molar-refractivity contribution in [2.24, 2.45) is 0 Å². The first-order valence-electron chi connectivity index (χ1n) is 8.95. The Morgan fingerprint density at radius 2 is 2.00 bits per heavy atom. The minimum absolute atomic E-state index is 0.622. The molecule has 0 fully saturated rings. The number of rotatable bonds is 4. The first-order valence-corrected chi connectivity index (χ1v) is 10.1. The summed E-state index contributed by atoms with van der Waals surface area (Å²) < 4.78 is 0. The predicted octanol–water partition coefficient (Wildman–Crippen LogP) is 4.92. The Hall–Kier alpha value is -2.13. The van der Waals surface area contributed by atoms with E-state index in [1.165, 1.54) is 11.1 Å². The minimum Gasteiger partial charge on any atom is -0.399 e. The fourth-order valence-corrected chi connectivity index (χ4v) is 3.99. The Morgan fingerprint density at radius 3 is 2.78 bits per heavy atom. The summed E-state index contributed by atoms with van der Waals surface area (Å²) in [7, 11) is 2.81. The molecule has 0 spiro atoms. The van der Waals surface area contributed by atoms with Crippen molar-refractivity contribution < 1.29 is 0 Å². The maximum atomic E-state index is 6.39. The number of pyridine rings is 1. The Morgan fingerprint density at radius 1 is 1.19 bits per heavy atom. The van der Waals surface area contributed by atoms with E-state index < -0.39 is 0 Å². The zero-order valence-electron chi connectivity index (χ0n) is 15.0. The SMILES string of the molecule is Nc1ccc(-c2cc(Nc3cccc4c3CCN(CP)C4)ncc2Cl)cc1. The summed E-state index contributed by atoms with van der Waals surface area (Å²) >= 11 is 6.39. The van der Waals surface area contributed by atoms with Crippen molar-refractivity contribution in [3.63, 3.8) is 0 Å². The van der Waals surface area contributed by atoms with Gasteiger partial charge in [0.1, 0.15) is 5.82 Å². The molecule has 27 heavy (non-hydrogen) atoms. The number of nitrogen functional groups attached to an aromatic ring is 1. The van der Waals surface area contributed by atoms with Crippen molar-refractivity contribution in [3.05, 3.63) is 70.9 Å². The first kappa shape index (κ1) is 18.2. The highest BCUT2D eigenvalue weighted by molar-refractivity contribution is 7.16. The van der Waals surface area contributed by atoms with Crippen LogP contribution in [0.3, 0.4) is 0 Å². The molecule has 3 aromatic rings. The zero-order valence-corrected chi connectivity index (χ0v) is 16.9. The van der Waals surface area contributed by atoms with Crippen LogP contribution in [-0.2, 0) is 13.0 Å². The number of fused-ring (bicyclic) bond motifs is 1. The van der Waals surface area contributed by atoms with E-state index in [2.05, 4.69) is 42.6 Å². The number of anilines is 3. The summed E-state index contributed by atoms with van der Waals surface area (Å²) in [5, 5.41) is 4.12. The molecule has 4 nitrogen and oxygen atoms in total. The molecule has 6 heteroatoms. The molecular weight excluding hydrogens is 375 g/mol. The van der Waals surface area contributed by atoms with Gasteiger partial charge in [-0.3, -0.25) is 4.90 Å². The van der Waals surface area contributed by atoms with Gasteiger partial charge in [-0.2, -0.15) is 0 Å². The molecule has 2 aromatic carbocycles. The Bertz CT molecular complexity index is 959. The first-order chi connectivity index (χ1) is 13.1. The number of hydrogen-bond acceptors (Lipinski definition) is 4. The van der Waals surface area contributed by atoms with Crippen molar-refractivity contribution >= 4 is 38.0 Å². The highest BCUT2D eigenvalue weighted by Crippen LogP contribution is 2.32. The third kappa shape index (κ3) is 3.93. The maximum absolute atomic E-state index is 6.39. The van der Waals surface area contributed by atoms with Crippen LogP contribution in [-0.4, -0.2) is 22.7 Å². The Labute approximate surface area is 167 Å². The van der Waals surface area contributed by atoms with E-state index in [9.17, 15) is 0 Å². The van der Waals surface area contributed by atoms with Crippen LogP contribution in [0.1, 0.15) is 11.1 Å². The average molecular weight is 397 g/mol. The van der Waals surface area contributed by atoms with E-state index >= 15 is 0 Å². The summed E-state index contributed by atoms with van der Waals surface area (Å²) in [5.41, 5.74) is 12.4. The molecule has 0 radical (unpaired) electrons. The third-order valence-corrected chi connectivity index (χ3v) is 5.76. The second kappa shape index (κ2) is 7.85. The lowest BCUT2D eigenvalue weighted by Crippen LogP contribution is -2.29. The zero-order chi connectivity index (χ0) is 18.8. The molecule has 0 aliphatic carbocycles. The molecule has 0 amide bonds. The van der Waals surface area contributed by atoms with Crippen LogP contribution >= 0.6 is 20.8 Å². The van der Waals surface area contributed by atoms with E-state index in [0.29, 0.717) is 5.02 Å². The standard InChI is InChI=1S/C21H22ClN4P/c22-19-11-24-21(10-18(19)14-4-6-16(23)7-5-14)25-20-3-1-2-15-12-26(13-27)9-8-17(15)20/h1-7,10-11H,8-9,12-13,23,27H2,(H,24,25). The molecule has 0 saturated heterocycles. The quantitative estimate of drug-likeness (QED) is 0.485. The van der Waals surface area contributed by atoms with Crippen LogP contribution in [0.25, 0.3) is 11.1 Å². The number of hydrogen-bond donors (Lipinski definition) is 2. The molecule has 0 bridgehead atoms. The van der Waals surface area contributed by atoms with Gasteiger partial charge in [-0.1, -0.05) is 35.9 Å². The monoisotopic (exact) mass is 396 g/mol. The van der Waals surface area contributed by atoms with Gasteiger partial charge in [0.15, 0.2) is 0 Å². The molecule has 1 aliphatic rings. The normalized spacial score (nSPS) is 14.0. The van der Waals surface area contributed by atoms with Crippen LogP contribution in [0.2, 0.25) is 5.02 Å². The summed E-state index contributed by atoms with van der Waals surface area (Å²) in [6.07, 6.45) is 3.73. The topological polar surface area (TPSA) is 54.2 Å². The lowest BCUT2D eigenvalue weighted by Gasteiger charge is -2.29. The molecule has 0 saturated carbocycles. The summed E-state index contributed by atoms with van der Waals surface area (Å²) in [4.78, 5) is 6.90. The van der Waals surface area contributed by atoms with Gasteiger partial charge < -0.3 is 11.1 Å². The molecule has 1 unspecified atom stereocenters. The molecule has 4 rings (SSSR count). The fraction of sp³-hybridized carbons (Fsp3) is 0.190. The van der Waals surface area contributed by atoms with Gasteiger partial charge in [0.25, 0.3) is 0 Å². The molecule has 1 aromatic heterocycles. The Balaban J connectivity index is 1.64. The second-order valence-corrected chi connectivity index (χ2v) is 7.50. The molecular formula is C21H22ClN4P. The average Bonchev–Trinajstić information content (AvgIpc) is 2.70. The number of benzene rings is 2. The van der Waals surface area contributed by atoms with Crippen LogP contribution in [0, 0.1) is 0 Å². The van der Waals surface area contributed by atoms with Gasteiger partial charge in [0.05, 0.1) is 5.02 Å². The molecule has 3 N–H and O–H groups in total. The second-order valence-electron chi connectivity index (χ2n) is 6.72. The van der Waals surface area contributed by atoms with E-state index in [0.717, 1.165) is 54.1 Å². The highest BCUT2D eigenvalue weighted by atomic mass is 35.5. The molecule has 1 aliphatic heterocycles. The Kier molecular flexibility index (Phi) is 5.31. The summed E-state index contributed by atoms with van der Waals surface area (Å²) in [6, 6.07) is 16.1. The smallest absolute Gasteiger partial charge is 0.131 e. The van der Waals surface area contributed by atoms with Crippen molar-refractivity contribution in [2.45, 2.75) is 13.0 Å². The summed E-state index contributed by atoms with van der Waals surface area (Å²) in [6.45, 7) is 2.05. The van der Waals surface area contributed by atoms with Crippen molar-refractivity contribution in [3.8, 4) is 11.1 Å². The van der Waals surface area contributed by atoms with E-state index in [4.69, 9.17) is 17.3 Å². The number of halogens is 1. The number of aromatic nitrogens is 1. The lowest BCUT2D eigenvalue weighted by molar-refractivity contribution is 0.300. The number of nitrogens with one attached hydrogen (secondary N) is 1. The third-order valence-electron chi connectivity index (χ3n) is 4.94. The number of nitrogens with zero attached hydrogens (tertiary/aromatic N) is 2. The molecule has 2 heterocycles. The van der Waals surface area contributed by atoms with Crippen LogP contribution in [0.4, 0.5) is 17.2 Å². The van der Waals surface area contributed by atoms with Gasteiger partial charge in [0.2, 0.25) is 0 Å². The molecule has 138 valence electrons. The predicted molar refractivity (Wildman–Crippen MR) is 118 cm³/mol. The molecule has 1 atom stereocenters. The van der Waals surface area contributed by atoms with Crippen molar-refractivity contribution in [1.82, 2.24) is 9.88 Å². The van der Waals surface area contributed by atoms with Crippen molar-refractivity contribution in [1.29, 1.82) is 0 Å². The highest BCUT2D eigenvalue weighted by Gasteiger charge is 2.18.